The third-order valence-corrected chi connectivity index (χ3v) is 9.63. The molecule has 1 aliphatic heterocycles. The summed E-state index contributed by atoms with van der Waals surface area (Å²) < 4.78 is 63.2. The largest absolute Gasteiger partial charge is 0.394 e. The number of nitrogens with zero attached hydrogens (tertiary/aromatic N) is 2. The third kappa shape index (κ3) is 6.62. The van der Waals surface area contributed by atoms with Crippen LogP contribution in [0.3, 0.4) is 0 Å². The van der Waals surface area contributed by atoms with E-state index in [2.05, 4.69) is 10.3 Å². The van der Waals surface area contributed by atoms with Crippen molar-refractivity contribution < 1.29 is 36.6 Å². The molecule has 0 saturated heterocycles. The first kappa shape index (κ1) is 29.4. The Morgan fingerprint density at radius 3 is 2.38 bits per heavy atom. The molecule has 2 aromatic rings. The fourth-order valence-corrected chi connectivity index (χ4v) is 6.41. The zero-order valence-electron chi connectivity index (χ0n) is 21.7. The number of aliphatic hydroxyl groups is 2. The topological polar surface area (TPSA) is 120 Å². The number of benzene rings is 1. The lowest BCUT2D eigenvalue weighted by Gasteiger charge is -2.33. The van der Waals surface area contributed by atoms with Gasteiger partial charge >= 0.3 is 6.18 Å². The van der Waals surface area contributed by atoms with E-state index < -0.39 is 40.5 Å². The van der Waals surface area contributed by atoms with Crippen molar-refractivity contribution in [2.75, 3.05) is 25.5 Å². The zero-order valence-corrected chi connectivity index (χ0v) is 22.5. The van der Waals surface area contributed by atoms with Gasteiger partial charge in [0.25, 0.3) is 5.91 Å². The van der Waals surface area contributed by atoms with Crippen LogP contribution in [0.25, 0.3) is 0 Å². The van der Waals surface area contributed by atoms with Crippen molar-refractivity contribution in [3.8, 4) is 0 Å². The number of carbonyl (C=O) groups excluding carboxylic acids is 1. The van der Waals surface area contributed by atoms with Crippen molar-refractivity contribution in [1.29, 1.82) is 0 Å². The summed E-state index contributed by atoms with van der Waals surface area (Å²) in [4.78, 5) is 19.6. The first-order valence-corrected chi connectivity index (χ1v) is 14.8. The summed E-state index contributed by atoms with van der Waals surface area (Å²) in [6.07, 6.45) is -1.57. The van der Waals surface area contributed by atoms with Crippen molar-refractivity contribution in [2.24, 2.45) is 11.8 Å². The molecule has 0 radical (unpaired) electrons. The first-order chi connectivity index (χ1) is 18.5. The molecule has 214 valence electrons. The molecular weight excluding hydrogens is 535 g/mol. The lowest BCUT2D eigenvalue weighted by Crippen LogP contribution is -2.34. The Balaban J connectivity index is 1.41. The van der Waals surface area contributed by atoms with Crippen molar-refractivity contribution >= 4 is 15.7 Å². The highest BCUT2D eigenvalue weighted by atomic mass is 32.2. The average Bonchev–Trinajstić information content (AvgIpc) is 3.27. The molecule has 4 rings (SSSR count). The molecule has 12 heteroatoms. The maximum Gasteiger partial charge on any atom is 0.391 e. The number of amides is 1. The summed E-state index contributed by atoms with van der Waals surface area (Å²) in [5.74, 6) is -1.66. The quantitative estimate of drug-likeness (QED) is 0.423. The molecule has 8 nitrogen and oxygen atoms in total. The summed E-state index contributed by atoms with van der Waals surface area (Å²) >= 11 is 0. The molecule has 1 amide bonds. The molecule has 0 spiro atoms. The molecule has 1 fully saturated rings. The number of sulfone groups is 1. The number of aromatic nitrogens is 1. The van der Waals surface area contributed by atoms with Crippen LogP contribution in [-0.2, 0) is 16.4 Å². The van der Waals surface area contributed by atoms with Crippen LogP contribution in [0.5, 0.6) is 0 Å². The van der Waals surface area contributed by atoms with Gasteiger partial charge in [0, 0.05) is 19.3 Å². The molecule has 2 heterocycles. The van der Waals surface area contributed by atoms with Gasteiger partial charge in [-0.25, -0.2) is 8.42 Å². The number of hydrogen-bond donors (Lipinski definition) is 3. The predicted molar refractivity (Wildman–Crippen MR) is 137 cm³/mol. The fourth-order valence-electron chi connectivity index (χ4n) is 5.52. The van der Waals surface area contributed by atoms with Crippen LogP contribution in [0.2, 0.25) is 0 Å². The monoisotopic (exact) mass is 569 g/mol. The second-order valence-electron chi connectivity index (χ2n) is 10.3. The van der Waals surface area contributed by atoms with E-state index >= 15 is 0 Å². The number of nitrogens with one attached hydrogen (secondary N) is 1. The van der Waals surface area contributed by atoms with Crippen LogP contribution in [-0.4, -0.2) is 66.1 Å². The molecule has 39 heavy (non-hydrogen) atoms. The number of carbonyl (C=O) groups is 1. The number of aliphatic hydroxyl groups excluding tert-OH is 2. The standard InChI is InChI=1S/C27H34F3N3O5S/c1-2-39(37,38)22-9-5-18(6-10-22)23(15-34)32-26(36)19-11-20-14-33(24(16-35)25(20)31-12-19)13-17-3-7-21(8-4-17)27(28,29)30/h5-6,9-12,17,21,23-24,34-35H,2-4,7-8,13-16H2,1H3,(H,32,36)/t17?,21?,23?,24-/m0/s1. The van der Waals surface area contributed by atoms with Crippen LogP contribution < -0.4 is 5.32 Å². The summed E-state index contributed by atoms with van der Waals surface area (Å²) in [5.41, 5.74) is 2.22. The van der Waals surface area contributed by atoms with E-state index in [1.165, 1.54) is 18.3 Å². The molecule has 2 aliphatic rings. The Bertz CT molecular complexity index is 1260. The molecule has 1 unspecified atom stereocenters. The van der Waals surface area contributed by atoms with Gasteiger partial charge in [0.05, 0.1) is 53.1 Å². The van der Waals surface area contributed by atoms with Crippen molar-refractivity contribution in [3.05, 3.63) is 58.9 Å². The highest BCUT2D eigenvalue weighted by Gasteiger charge is 2.42. The van der Waals surface area contributed by atoms with Gasteiger partial charge in [-0.05, 0) is 60.9 Å². The minimum atomic E-state index is -4.16. The Morgan fingerprint density at radius 1 is 1.15 bits per heavy atom. The van der Waals surface area contributed by atoms with Crippen molar-refractivity contribution in [1.82, 2.24) is 15.2 Å². The number of hydrogen-bond acceptors (Lipinski definition) is 7. The lowest BCUT2D eigenvalue weighted by molar-refractivity contribution is -0.184. The van der Waals surface area contributed by atoms with Gasteiger partial charge in [0.1, 0.15) is 0 Å². The highest BCUT2D eigenvalue weighted by Crippen LogP contribution is 2.41. The van der Waals surface area contributed by atoms with Crippen LogP contribution in [0, 0.1) is 11.8 Å². The molecule has 2 atom stereocenters. The number of fused-ring (bicyclic) bond motifs is 1. The Labute approximate surface area is 226 Å². The van der Waals surface area contributed by atoms with Crippen molar-refractivity contribution in [3.63, 3.8) is 0 Å². The average molecular weight is 570 g/mol. The minimum Gasteiger partial charge on any atom is -0.394 e. The van der Waals surface area contributed by atoms with Gasteiger partial charge < -0.3 is 15.5 Å². The molecular formula is C27H34F3N3O5S. The van der Waals surface area contributed by atoms with Gasteiger partial charge in [-0.1, -0.05) is 19.1 Å². The number of pyridine rings is 1. The summed E-state index contributed by atoms with van der Waals surface area (Å²) in [7, 11) is -3.37. The van der Waals surface area contributed by atoms with Gasteiger partial charge in [0.2, 0.25) is 0 Å². The highest BCUT2D eigenvalue weighted by molar-refractivity contribution is 7.91. The SMILES string of the molecule is CCS(=O)(=O)c1ccc(C(CO)NC(=O)c2cnc3c(c2)CN(CC2CCC(C(F)(F)F)CC2)[C@H]3CO)cc1. The number of rotatable bonds is 9. The smallest absolute Gasteiger partial charge is 0.391 e. The Kier molecular flexibility index (Phi) is 8.99. The maximum absolute atomic E-state index is 13.0. The van der Waals surface area contributed by atoms with Gasteiger partial charge in [-0.2, -0.15) is 13.2 Å². The number of alkyl halides is 3. The number of halogens is 3. The van der Waals surface area contributed by atoms with E-state index in [9.17, 15) is 36.6 Å². The molecule has 1 aliphatic carbocycles. The second kappa shape index (κ2) is 11.9. The first-order valence-electron chi connectivity index (χ1n) is 13.1. The van der Waals surface area contributed by atoms with E-state index in [1.54, 1.807) is 25.1 Å². The summed E-state index contributed by atoms with van der Waals surface area (Å²) in [5, 5.41) is 22.7. The van der Waals surface area contributed by atoms with E-state index in [0.29, 0.717) is 37.2 Å². The van der Waals surface area contributed by atoms with Gasteiger partial charge in [-0.15, -0.1) is 0 Å². The predicted octanol–water partition coefficient (Wildman–Crippen LogP) is 3.56. The second-order valence-corrected chi connectivity index (χ2v) is 12.6. The van der Waals surface area contributed by atoms with Gasteiger partial charge in [-0.3, -0.25) is 14.7 Å². The third-order valence-electron chi connectivity index (χ3n) is 7.88. The van der Waals surface area contributed by atoms with E-state index in [1.807, 2.05) is 4.90 Å². The summed E-state index contributed by atoms with van der Waals surface area (Å²) in [6.45, 7) is 1.92. The molecule has 3 N–H and O–H groups in total. The molecule has 0 bridgehead atoms. The van der Waals surface area contributed by atoms with Crippen molar-refractivity contribution in [2.45, 2.75) is 62.3 Å². The Morgan fingerprint density at radius 2 is 1.82 bits per heavy atom. The van der Waals surface area contributed by atoms with E-state index in [4.69, 9.17) is 0 Å². The minimum absolute atomic E-state index is 0.0361. The summed E-state index contributed by atoms with van der Waals surface area (Å²) in [6, 6.07) is 6.52. The maximum atomic E-state index is 13.0. The van der Waals surface area contributed by atoms with Crippen LogP contribution in [0.15, 0.2) is 41.4 Å². The van der Waals surface area contributed by atoms with E-state index in [0.717, 1.165) is 5.56 Å². The van der Waals surface area contributed by atoms with Crippen LogP contribution in [0.4, 0.5) is 13.2 Å². The van der Waals surface area contributed by atoms with Gasteiger partial charge in [0.15, 0.2) is 9.84 Å². The Hall–Kier alpha value is -2.54. The van der Waals surface area contributed by atoms with Crippen LogP contribution in [0.1, 0.15) is 71.9 Å². The molecule has 1 aromatic heterocycles. The molecule has 1 aromatic carbocycles. The normalized spacial score (nSPS) is 22.9. The van der Waals surface area contributed by atoms with Crippen LogP contribution >= 0.6 is 0 Å². The fraction of sp³-hybridized carbons (Fsp3) is 0.556. The lowest BCUT2D eigenvalue weighted by atomic mass is 9.81. The zero-order chi connectivity index (χ0) is 28.4. The van der Waals surface area contributed by atoms with E-state index in [-0.39, 0.29) is 47.6 Å². The molecule has 1 saturated carbocycles.